The fourth-order valence-electron chi connectivity index (χ4n) is 1.65. The third-order valence-corrected chi connectivity index (χ3v) is 2.47. The lowest BCUT2D eigenvalue weighted by Gasteiger charge is -2.13. The van der Waals surface area contributed by atoms with E-state index in [0.717, 1.165) is 23.5 Å². The van der Waals surface area contributed by atoms with Gasteiger partial charge in [-0.25, -0.2) is 0 Å². The molecule has 0 aliphatic rings. The van der Waals surface area contributed by atoms with Crippen molar-refractivity contribution in [1.29, 1.82) is 0 Å². The molecule has 3 heteroatoms. The topological polar surface area (TPSA) is 38.7 Å². The summed E-state index contributed by atoms with van der Waals surface area (Å²) in [4.78, 5) is 0. The van der Waals surface area contributed by atoms with Crippen LogP contribution in [-0.4, -0.2) is 25.9 Å². The van der Waals surface area contributed by atoms with E-state index in [1.165, 1.54) is 5.56 Å². The Labute approximate surface area is 90.6 Å². The summed E-state index contributed by atoms with van der Waals surface area (Å²) >= 11 is 0. The first-order valence-corrected chi connectivity index (χ1v) is 5.11. The van der Waals surface area contributed by atoms with Gasteiger partial charge in [0.2, 0.25) is 0 Å². The molecular formula is C12H18O3. The lowest BCUT2D eigenvalue weighted by Crippen LogP contribution is -2.00. The third kappa shape index (κ3) is 2.63. The van der Waals surface area contributed by atoms with E-state index in [-0.39, 0.29) is 6.61 Å². The van der Waals surface area contributed by atoms with Crippen LogP contribution in [0.25, 0.3) is 0 Å². The second kappa shape index (κ2) is 5.61. The average Bonchev–Trinajstić information content (AvgIpc) is 2.28. The van der Waals surface area contributed by atoms with Crippen molar-refractivity contribution in [1.82, 2.24) is 0 Å². The van der Waals surface area contributed by atoms with Gasteiger partial charge in [-0.15, -0.1) is 0 Å². The minimum atomic E-state index is 0.155. The van der Waals surface area contributed by atoms with Gasteiger partial charge in [0.1, 0.15) is 0 Å². The molecule has 0 amide bonds. The van der Waals surface area contributed by atoms with Gasteiger partial charge < -0.3 is 14.6 Å². The number of methoxy groups -OCH3 is 2. The molecule has 0 atom stereocenters. The van der Waals surface area contributed by atoms with Gasteiger partial charge in [-0.2, -0.15) is 0 Å². The van der Waals surface area contributed by atoms with Gasteiger partial charge in [-0.05, 0) is 36.1 Å². The Bertz CT molecular complexity index is 321. The molecule has 0 aliphatic heterocycles. The number of aliphatic hydroxyl groups excluding tert-OH is 1. The SMILES string of the molecule is CCc1cc(OC)c(OC)cc1CCO. The number of aryl methyl sites for hydroxylation is 1. The van der Waals surface area contributed by atoms with Crippen LogP contribution >= 0.6 is 0 Å². The maximum absolute atomic E-state index is 8.96. The lowest BCUT2D eigenvalue weighted by molar-refractivity contribution is 0.298. The quantitative estimate of drug-likeness (QED) is 0.805. The minimum Gasteiger partial charge on any atom is -0.493 e. The molecule has 0 bridgehead atoms. The Balaban J connectivity index is 3.15. The summed E-state index contributed by atoms with van der Waals surface area (Å²) in [7, 11) is 3.25. The summed E-state index contributed by atoms with van der Waals surface area (Å²) in [6.07, 6.45) is 1.58. The van der Waals surface area contributed by atoms with Crippen LogP contribution in [0.5, 0.6) is 11.5 Å². The third-order valence-electron chi connectivity index (χ3n) is 2.47. The minimum absolute atomic E-state index is 0.155. The number of hydrogen-bond acceptors (Lipinski definition) is 3. The Morgan fingerprint density at radius 1 is 1.07 bits per heavy atom. The van der Waals surface area contributed by atoms with Gasteiger partial charge in [0.15, 0.2) is 11.5 Å². The fourth-order valence-corrected chi connectivity index (χ4v) is 1.65. The van der Waals surface area contributed by atoms with E-state index in [1.54, 1.807) is 14.2 Å². The summed E-state index contributed by atoms with van der Waals surface area (Å²) in [5, 5.41) is 8.96. The Kier molecular flexibility index (Phi) is 4.43. The number of aliphatic hydroxyl groups is 1. The highest BCUT2D eigenvalue weighted by Crippen LogP contribution is 2.30. The summed E-state index contributed by atoms with van der Waals surface area (Å²) in [5.74, 6) is 1.47. The van der Waals surface area contributed by atoms with Crippen molar-refractivity contribution in [2.45, 2.75) is 19.8 Å². The fraction of sp³-hybridized carbons (Fsp3) is 0.500. The van der Waals surface area contributed by atoms with Crippen LogP contribution in [0.15, 0.2) is 12.1 Å². The number of hydrogen-bond donors (Lipinski definition) is 1. The number of rotatable bonds is 5. The molecule has 1 aromatic rings. The predicted molar refractivity (Wildman–Crippen MR) is 59.7 cm³/mol. The first-order valence-electron chi connectivity index (χ1n) is 5.11. The number of benzene rings is 1. The highest BCUT2D eigenvalue weighted by atomic mass is 16.5. The van der Waals surface area contributed by atoms with E-state index in [4.69, 9.17) is 14.6 Å². The van der Waals surface area contributed by atoms with E-state index in [2.05, 4.69) is 6.92 Å². The smallest absolute Gasteiger partial charge is 0.161 e. The molecule has 0 saturated heterocycles. The predicted octanol–water partition coefficient (Wildman–Crippen LogP) is 1.80. The van der Waals surface area contributed by atoms with Crippen LogP contribution < -0.4 is 9.47 Å². The van der Waals surface area contributed by atoms with Crippen molar-refractivity contribution >= 4 is 0 Å². The molecule has 3 nitrogen and oxygen atoms in total. The van der Waals surface area contributed by atoms with Gasteiger partial charge in [-0.3, -0.25) is 0 Å². The average molecular weight is 210 g/mol. The van der Waals surface area contributed by atoms with Gasteiger partial charge in [0, 0.05) is 6.61 Å². The van der Waals surface area contributed by atoms with E-state index in [9.17, 15) is 0 Å². The van der Waals surface area contributed by atoms with Crippen LogP contribution in [0.2, 0.25) is 0 Å². The molecule has 0 radical (unpaired) electrons. The van der Waals surface area contributed by atoms with Crippen molar-refractivity contribution in [3.63, 3.8) is 0 Å². The normalized spacial score (nSPS) is 10.1. The van der Waals surface area contributed by atoms with Crippen LogP contribution in [-0.2, 0) is 12.8 Å². The molecular weight excluding hydrogens is 192 g/mol. The lowest BCUT2D eigenvalue weighted by atomic mass is 10.0. The van der Waals surface area contributed by atoms with Crippen LogP contribution in [0, 0.1) is 0 Å². The standard InChI is InChI=1S/C12H18O3/c1-4-9-7-11(14-2)12(15-3)8-10(9)5-6-13/h7-8,13H,4-6H2,1-3H3. The molecule has 0 aliphatic carbocycles. The van der Waals surface area contributed by atoms with E-state index >= 15 is 0 Å². The molecule has 0 unspecified atom stereocenters. The zero-order valence-electron chi connectivity index (χ0n) is 9.54. The first-order chi connectivity index (χ1) is 7.26. The van der Waals surface area contributed by atoms with Crippen molar-refractivity contribution < 1.29 is 14.6 Å². The van der Waals surface area contributed by atoms with Crippen LogP contribution in [0.1, 0.15) is 18.1 Å². The summed E-state index contributed by atoms with van der Waals surface area (Å²) in [6, 6.07) is 3.91. The molecule has 1 aromatic carbocycles. The zero-order valence-corrected chi connectivity index (χ0v) is 9.54. The van der Waals surface area contributed by atoms with Crippen molar-refractivity contribution in [2.24, 2.45) is 0 Å². The zero-order chi connectivity index (χ0) is 11.3. The molecule has 0 spiro atoms. The van der Waals surface area contributed by atoms with Gasteiger partial charge in [0.05, 0.1) is 14.2 Å². The van der Waals surface area contributed by atoms with Crippen molar-refractivity contribution in [2.75, 3.05) is 20.8 Å². The number of ether oxygens (including phenoxy) is 2. The van der Waals surface area contributed by atoms with Crippen molar-refractivity contribution in [3.05, 3.63) is 23.3 Å². The summed E-state index contributed by atoms with van der Waals surface area (Å²) in [5.41, 5.74) is 2.32. The van der Waals surface area contributed by atoms with Crippen LogP contribution in [0.3, 0.4) is 0 Å². The van der Waals surface area contributed by atoms with E-state index in [0.29, 0.717) is 6.42 Å². The molecule has 0 aromatic heterocycles. The molecule has 0 fully saturated rings. The van der Waals surface area contributed by atoms with E-state index < -0.39 is 0 Å². The van der Waals surface area contributed by atoms with Gasteiger partial charge in [-0.1, -0.05) is 6.92 Å². The molecule has 84 valence electrons. The molecule has 0 saturated carbocycles. The first kappa shape index (κ1) is 11.9. The molecule has 1 rings (SSSR count). The largest absolute Gasteiger partial charge is 0.493 e. The Hall–Kier alpha value is -1.22. The monoisotopic (exact) mass is 210 g/mol. The summed E-state index contributed by atoms with van der Waals surface area (Å²) < 4.78 is 10.4. The van der Waals surface area contributed by atoms with Crippen LogP contribution in [0.4, 0.5) is 0 Å². The highest BCUT2D eigenvalue weighted by Gasteiger charge is 2.09. The molecule has 15 heavy (non-hydrogen) atoms. The van der Waals surface area contributed by atoms with Crippen molar-refractivity contribution in [3.8, 4) is 11.5 Å². The van der Waals surface area contributed by atoms with E-state index in [1.807, 2.05) is 12.1 Å². The Morgan fingerprint density at radius 3 is 2.00 bits per heavy atom. The second-order valence-electron chi connectivity index (χ2n) is 3.30. The second-order valence-corrected chi connectivity index (χ2v) is 3.30. The van der Waals surface area contributed by atoms with Gasteiger partial charge in [0.25, 0.3) is 0 Å². The highest BCUT2D eigenvalue weighted by molar-refractivity contribution is 5.47. The maximum atomic E-state index is 8.96. The Morgan fingerprint density at radius 2 is 1.60 bits per heavy atom. The van der Waals surface area contributed by atoms with Gasteiger partial charge >= 0.3 is 0 Å². The molecule has 1 N–H and O–H groups in total. The molecule has 0 heterocycles. The summed E-state index contributed by atoms with van der Waals surface area (Å²) in [6.45, 7) is 2.24. The maximum Gasteiger partial charge on any atom is 0.161 e.